The average molecular weight is 216 g/mol. The van der Waals surface area contributed by atoms with Crippen LogP contribution in [0.3, 0.4) is 0 Å². The molecule has 1 aromatic heterocycles. The van der Waals surface area contributed by atoms with Crippen LogP contribution in [0, 0.1) is 11.3 Å². The number of hydrogen-bond acceptors (Lipinski definition) is 4. The summed E-state index contributed by atoms with van der Waals surface area (Å²) in [6.07, 6.45) is 0. The molecule has 5 heteroatoms. The molecule has 0 radical (unpaired) electrons. The van der Waals surface area contributed by atoms with E-state index in [-0.39, 0.29) is 0 Å². The second-order valence-corrected chi connectivity index (χ2v) is 3.43. The van der Waals surface area contributed by atoms with Crippen molar-refractivity contribution in [3.63, 3.8) is 0 Å². The number of ether oxygens (including phenoxy) is 1. The van der Waals surface area contributed by atoms with Crippen molar-refractivity contribution in [2.45, 2.75) is 6.54 Å². The number of methoxy groups -OCH3 is 1. The molecule has 0 aliphatic carbocycles. The Bertz CT molecular complexity index is 553. The molecule has 0 atom stereocenters. The Morgan fingerprint density at radius 3 is 3.06 bits per heavy atom. The van der Waals surface area contributed by atoms with Crippen molar-refractivity contribution in [2.75, 3.05) is 19.5 Å². The molecule has 5 nitrogen and oxygen atoms in total. The number of nitriles is 1. The number of nitrogens with two attached hydrogens (primary N) is 1. The zero-order chi connectivity index (χ0) is 11.5. The van der Waals surface area contributed by atoms with Crippen LogP contribution >= 0.6 is 0 Å². The van der Waals surface area contributed by atoms with Crippen molar-refractivity contribution < 1.29 is 4.74 Å². The van der Waals surface area contributed by atoms with E-state index in [1.807, 2.05) is 4.57 Å². The highest BCUT2D eigenvalue weighted by molar-refractivity contribution is 5.79. The molecule has 0 saturated carbocycles. The van der Waals surface area contributed by atoms with E-state index in [2.05, 4.69) is 11.1 Å². The molecular weight excluding hydrogens is 204 g/mol. The molecule has 2 aromatic rings. The van der Waals surface area contributed by atoms with E-state index < -0.39 is 0 Å². The van der Waals surface area contributed by atoms with Crippen molar-refractivity contribution in [3.05, 3.63) is 23.8 Å². The van der Waals surface area contributed by atoms with E-state index in [9.17, 15) is 0 Å². The first kappa shape index (κ1) is 10.5. The Hall–Kier alpha value is -2.06. The van der Waals surface area contributed by atoms with E-state index in [1.54, 1.807) is 25.3 Å². The van der Waals surface area contributed by atoms with Gasteiger partial charge in [-0.1, -0.05) is 0 Å². The summed E-state index contributed by atoms with van der Waals surface area (Å²) >= 11 is 0. The van der Waals surface area contributed by atoms with Crippen LogP contribution in [-0.4, -0.2) is 23.3 Å². The molecule has 0 saturated heterocycles. The number of aromatic nitrogens is 2. The zero-order valence-electron chi connectivity index (χ0n) is 8.97. The van der Waals surface area contributed by atoms with Crippen LogP contribution in [0.4, 0.5) is 5.95 Å². The maximum atomic E-state index is 8.84. The first-order valence-electron chi connectivity index (χ1n) is 4.91. The Balaban J connectivity index is 2.53. The van der Waals surface area contributed by atoms with Gasteiger partial charge in [0, 0.05) is 13.7 Å². The number of rotatable bonds is 3. The molecule has 82 valence electrons. The van der Waals surface area contributed by atoms with Crippen LogP contribution in [0.15, 0.2) is 18.2 Å². The molecule has 0 aliphatic rings. The molecule has 2 N–H and O–H groups in total. The minimum atomic E-state index is 0.446. The van der Waals surface area contributed by atoms with Crippen molar-refractivity contribution >= 4 is 17.0 Å². The summed E-state index contributed by atoms with van der Waals surface area (Å²) < 4.78 is 6.85. The minimum absolute atomic E-state index is 0.446. The molecule has 0 spiro atoms. The third-order valence-corrected chi connectivity index (χ3v) is 2.43. The molecule has 16 heavy (non-hydrogen) atoms. The number of benzene rings is 1. The maximum Gasteiger partial charge on any atom is 0.201 e. The van der Waals surface area contributed by atoms with Gasteiger partial charge in [-0.05, 0) is 18.2 Å². The maximum absolute atomic E-state index is 8.84. The summed E-state index contributed by atoms with van der Waals surface area (Å²) in [5.74, 6) is 0.446. The molecule has 0 bridgehead atoms. The van der Waals surface area contributed by atoms with E-state index in [4.69, 9.17) is 15.7 Å². The molecule has 0 amide bonds. The summed E-state index contributed by atoms with van der Waals surface area (Å²) in [5, 5.41) is 8.84. The quantitative estimate of drug-likeness (QED) is 0.834. The molecule has 2 rings (SSSR count). The Labute approximate surface area is 93.1 Å². The number of nitrogens with zero attached hydrogens (tertiary/aromatic N) is 3. The van der Waals surface area contributed by atoms with Crippen LogP contribution in [0.1, 0.15) is 5.56 Å². The fourth-order valence-electron chi connectivity index (χ4n) is 1.63. The first-order chi connectivity index (χ1) is 7.76. The van der Waals surface area contributed by atoms with Gasteiger partial charge in [-0.15, -0.1) is 0 Å². The number of anilines is 1. The smallest absolute Gasteiger partial charge is 0.201 e. The lowest BCUT2D eigenvalue weighted by molar-refractivity contribution is 0.189. The summed E-state index contributed by atoms with van der Waals surface area (Å²) in [6, 6.07) is 7.42. The van der Waals surface area contributed by atoms with E-state index in [1.165, 1.54) is 0 Å². The third-order valence-electron chi connectivity index (χ3n) is 2.43. The lowest BCUT2D eigenvalue weighted by atomic mass is 10.2. The number of imidazole rings is 1. The lowest BCUT2D eigenvalue weighted by Crippen LogP contribution is -2.07. The van der Waals surface area contributed by atoms with Gasteiger partial charge < -0.3 is 15.0 Å². The molecule has 0 unspecified atom stereocenters. The summed E-state index contributed by atoms with van der Waals surface area (Å²) in [5.41, 5.74) is 8.07. The Kier molecular flexibility index (Phi) is 2.75. The fraction of sp³-hybridized carbons (Fsp3) is 0.273. The van der Waals surface area contributed by atoms with Gasteiger partial charge in [-0.25, -0.2) is 4.98 Å². The van der Waals surface area contributed by atoms with Crippen LogP contribution in [0.25, 0.3) is 11.0 Å². The second kappa shape index (κ2) is 4.21. The van der Waals surface area contributed by atoms with Gasteiger partial charge in [0.25, 0.3) is 0 Å². The number of fused-ring (bicyclic) bond motifs is 1. The Morgan fingerprint density at radius 2 is 2.38 bits per heavy atom. The Morgan fingerprint density at radius 1 is 1.56 bits per heavy atom. The van der Waals surface area contributed by atoms with Gasteiger partial charge in [0.1, 0.15) is 0 Å². The van der Waals surface area contributed by atoms with Crippen molar-refractivity contribution in [1.29, 1.82) is 5.26 Å². The molecular formula is C11H12N4O. The minimum Gasteiger partial charge on any atom is -0.383 e. The highest BCUT2D eigenvalue weighted by Crippen LogP contribution is 2.18. The molecule has 0 fully saturated rings. The van der Waals surface area contributed by atoms with E-state index in [0.29, 0.717) is 24.7 Å². The predicted molar refractivity (Wildman–Crippen MR) is 60.7 cm³/mol. The topological polar surface area (TPSA) is 76.9 Å². The van der Waals surface area contributed by atoms with Gasteiger partial charge in [0.2, 0.25) is 5.95 Å². The van der Waals surface area contributed by atoms with Gasteiger partial charge in [-0.2, -0.15) is 5.26 Å². The normalized spacial score (nSPS) is 10.5. The van der Waals surface area contributed by atoms with E-state index in [0.717, 1.165) is 11.0 Å². The highest BCUT2D eigenvalue weighted by Gasteiger charge is 2.08. The average Bonchev–Trinajstić information content (AvgIpc) is 2.61. The van der Waals surface area contributed by atoms with Gasteiger partial charge >= 0.3 is 0 Å². The van der Waals surface area contributed by atoms with Crippen LogP contribution < -0.4 is 5.73 Å². The van der Waals surface area contributed by atoms with Gasteiger partial charge in [0.15, 0.2) is 0 Å². The second-order valence-electron chi connectivity index (χ2n) is 3.43. The summed E-state index contributed by atoms with van der Waals surface area (Å²) in [6.45, 7) is 1.19. The predicted octanol–water partition coefficient (Wildman–Crippen LogP) is 1.14. The highest BCUT2D eigenvalue weighted by atomic mass is 16.5. The molecule has 1 aromatic carbocycles. The zero-order valence-corrected chi connectivity index (χ0v) is 8.97. The van der Waals surface area contributed by atoms with Crippen LogP contribution in [0.2, 0.25) is 0 Å². The summed E-state index contributed by atoms with van der Waals surface area (Å²) in [4.78, 5) is 4.22. The number of nitrogen functional groups attached to an aromatic ring is 1. The molecule has 1 heterocycles. The van der Waals surface area contributed by atoms with Crippen LogP contribution in [-0.2, 0) is 11.3 Å². The molecule has 0 aliphatic heterocycles. The fourth-order valence-corrected chi connectivity index (χ4v) is 1.63. The summed E-state index contributed by atoms with van der Waals surface area (Å²) in [7, 11) is 1.63. The lowest BCUT2D eigenvalue weighted by Gasteiger charge is -2.04. The van der Waals surface area contributed by atoms with Crippen LogP contribution in [0.5, 0.6) is 0 Å². The number of hydrogen-bond donors (Lipinski definition) is 1. The van der Waals surface area contributed by atoms with Gasteiger partial charge in [0.05, 0.1) is 29.3 Å². The van der Waals surface area contributed by atoms with Crippen molar-refractivity contribution in [3.8, 4) is 6.07 Å². The SMILES string of the molecule is COCCn1c(N)nc2ccc(C#N)cc21. The van der Waals surface area contributed by atoms with Crippen molar-refractivity contribution in [2.24, 2.45) is 0 Å². The first-order valence-corrected chi connectivity index (χ1v) is 4.91. The largest absolute Gasteiger partial charge is 0.383 e. The third kappa shape index (κ3) is 1.71. The standard InChI is InChI=1S/C11H12N4O/c1-16-5-4-15-10-6-8(7-12)2-3-9(10)14-11(15)13/h2-3,6H,4-5H2,1H3,(H2,13,14). The van der Waals surface area contributed by atoms with Crippen molar-refractivity contribution in [1.82, 2.24) is 9.55 Å². The van der Waals surface area contributed by atoms with Gasteiger partial charge in [-0.3, -0.25) is 0 Å². The van der Waals surface area contributed by atoms with E-state index >= 15 is 0 Å². The monoisotopic (exact) mass is 216 g/mol.